The van der Waals surface area contributed by atoms with Gasteiger partial charge in [0.2, 0.25) is 0 Å². The van der Waals surface area contributed by atoms with Crippen LogP contribution in [0.1, 0.15) is 30.6 Å². The minimum atomic E-state index is 0.540. The van der Waals surface area contributed by atoms with E-state index in [2.05, 4.69) is 53.3 Å². The molecule has 0 radical (unpaired) electrons. The summed E-state index contributed by atoms with van der Waals surface area (Å²) in [6.45, 7) is 9.03. The molecular formula is C16H23N3. The third kappa shape index (κ3) is 2.28. The zero-order valence-electron chi connectivity index (χ0n) is 11.9. The van der Waals surface area contributed by atoms with Crippen molar-refractivity contribution in [2.24, 2.45) is 0 Å². The fourth-order valence-corrected chi connectivity index (χ4v) is 3.37. The highest BCUT2D eigenvalue weighted by molar-refractivity contribution is 5.85. The molecule has 0 spiro atoms. The first-order valence-corrected chi connectivity index (χ1v) is 7.33. The van der Waals surface area contributed by atoms with E-state index >= 15 is 0 Å². The van der Waals surface area contributed by atoms with Crippen molar-refractivity contribution in [2.45, 2.75) is 26.3 Å². The highest BCUT2D eigenvalue weighted by Crippen LogP contribution is 2.33. The monoisotopic (exact) mass is 257 g/mol. The van der Waals surface area contributed by atoms with E-state index in [9.17, 15) is 0 Å². The topological polar surface area (TPSA) is 31.1 Å². The molecule has 2 aromatic rings. The molecule has 1 atom stereocenters. The van der Waals surface area contributed by atoms with Gasteiger partial charge in [-0.15, -0.1) is 0 Å². The first-order chi connectivity index (χ1) is 9.31. The summed E-state index contributed by atoms with van der Waals surface area (Å²) in [4.78, 5) is 6.16. The summed E-state index contributed by atoms with van der Waals surface area (Å²) in [5.41, 5.74) is 4.09. The molecule has 19 heavy (non-hydrogen) atoms. The van der Waals surface area contributed by atoms with E-state index in [4.69, 9.17) is 0 Å². The average molecular weight is 257 g/mol. The number of hydrogen-bond acceptors (Lipinski definition) is 2. The Morgan fingerprint density at radius 2 is 1.95 bits per heavy atom. The van der Waals surface area contributed by atoms with Gasteiger partial charge in [0.15, 0.2) is 0 Å². The molecule has 2 heterocycles. The van der Waals surface area contributed by atoms with Crippen molar-refractivity contribution in [1.29, 1.82) is 0 Å². The van der Waals surface area contributed by atoms with E-state index < -0.39 is 0 Å². The van der Waals surface area contributed by atoms with Crippen LogP contribution in [-0.2, 0) is 0 Å². The smallest absolute Gasteiger partial charge is 0.0459 e. The minimum absolute atomic E-state index is 0.540. The van der Waals surface area contributed by atoms with E-state index in [1.54, 1.807) is 0 Å². The Morgan fingerprint density at radius 3 is 2.68 bits per heavy atom. The first-order valence-electron chi connectivity index (χ1n) is 7.33. The number of benzene rings is 1. The average Bonchev–Trinajstić information content (AvgIpc) is 2.78. The maximum atomic E-state index is 3.54. The molecule has 102 valence electrons. The largest absolute Gasteiger partial charge is 0.358 e. The van der Waals surface area contributed by atoms with Gasteiger partial charge in [0.25, 0.3) is 0 Å². The molecule has 1 aromatic heterocycles. The third-order valence-corrected chi connectivity index (χ3v) is 4.26. The molecule has 3 heteroatoms. The van der Waals surface area contributed by atoms with Gasteiger partial charge >= 0.3 is 0 Å². The molecule has 1 aliphatic heterocycles. The molecule has 2 N–H and O–H groups in total. The van der Waals surface area contributed by atoms with Gasteiger partial charge in [-0.3, -0.25) is 4.90 Å². The van der Waals surface area contributed by atoms with E-state index in [-0.39, 0.29) is 0 Å². The van der Waals surface area contributed by atoms with Crippen LogP contribution in [0.15, 0.2) is 24.3 Å². The Morgan fingerprint density at radius 1 is 1.21 bits per heavy atom. The summed E-state index contributed by atoms with van der Waals surface area (Å²) in [7, 11) is 0. The number of nitrogens with one attached hydrogen (secondary N) is 2. The van der Waals surface area contributed by atoms with Gasteiger partial charge in [0.1, 0.15) is 0 Å². The molecule has 3 nitrogen and oxygen atoms in total. The number of rotatable bonds is 3. The number of H-pyrrole nitrogens is 1. The maximum Gasteiger partial charge on any atom is 0.0459 e. The quantitative estimate of drug-likeness (QED) is 0.886. The molecule has 0 amide bonds. The Labute approximate surface area is 115 Å². The molecule has 1 aromatic carbocycles. The maximum absolute atomic E-state index is 3.54. The number of nitrogens with zero attached hydrogens (tertiary/aromatic N) is 1. The molecule has 1 saturated heterocycles. The molecule has 3 rings (SSSR count). The van der Waals surface area contributed by atoms with Crippen LogP contribution in [-0.4, -0.2) is 36.1 Å². The van der Waals surface area contributed by atoms with Crippen LogP contribution < -0.4 is 5.32 Å². The number of fused-ring (bicyclic) bond motifs is 1. The van der Waals surface area contributed by atoms with Gasteiger partial charge in [0, 0.05) is 48.8 Å². The van der Waals surface area contributed by atoms with E-state index in [0.717, 1.165) is 26.2 Å². The second-order valence-electron chi connectivity index (χ2n) is 5.42. The molecular weight excluding hydrogens is 234 g/mol. The third-order valence-electron chi connectivity index (χ3n) is 4.26. The van der Waals surface area contributed by atoms with Crippen LogP contribution in [0.5, 0.6) is 0 Å². The zero-order chi connectivity index (χ0) is 13.2. The van der Waals surface area contributed by atoms with Crippen molar-refractivity contribution in [3.63, 3.8) is 0 Å². The zero-order valence-corrected chi connectivity index (χ0v) is 11.9. The fraction of sp³-hybridized carbons (Fsp3) is 0.500. The van der Waals surface area contributed by atoms with Crippen LogP contribution in [0.3, 0.4) is 0 Å². The van der Waals surface area contributed by atoms with Gasteiger partial charge in [-0.25, -0.2) is 0 Å². The SMILES string of the molecule is CCC(c1c(C)[nH]c2ccccc12)N1CCNCC1. The number of aromatic nitrogens is 1. The lowest BCUT2D eigenvalue weighted by Gasteiger charge is -2.35. The number of piperazine rings is 1. The molecule has 1 unspecified atom stereocenters. The van der Waals surface area contributed by atoms with Crippen LogP contribution in [0, 0.1) is 6.92 Å². The summed E-state index contributed by atoms with van der Waals surface area (Å²) in [5, 5.41) is 4.84. The lowest BCUT2D eigenvalue weighted by molar-refractivity contribution is 0.170. The summed E-state index contributed by atoms with van der Waals surface area (Å²) >= 11 is 0. The molecule has 1 aliphatic rings. The van der Waals surface area contributed by atoms with E-state index in [0.29, 0.717) is 6.04 Å². The van der Waals surface area contributed by atoms with Gasteiger partial charge in [0.05, 0.1) is 0 Å². The normalized spacial score (nSPS) is 18.8. The van der Waals surface area contributed by atoms with E-state index in [1.807, 2.05) is 0 Å². The highest BCUT2D eigenvalue weighted by atomic mass is 15.2. The number of hydrogen-bond donors (Lipinski definition) is 2. The van der Waals surface area contributed by atoms with Gasteiger partial charge < -0.3 is 10.3 Å². The summed E-state index contributed by atoms with van der Waals surface area (Å²) in [6, 6.07) is 9.21. The Balaban J connectivity index is 2.02. The van der Waals surface area contributed by atoms with Crippen LogP contribution >= 0.6 is 0 Å². The van der Waals surface area contributed by atoms with Crippen molar-refractivity contribution in [1.82, 2.24) is 15.2 Å². The molecule has 0 saturated carbocycles. The second kappa shape index (κ2) is 5.35. The number of aryl methyl sites for hydroxylation is 1. The summed E-state index contributed by atoms with van der Waals surface area (Å²) in [5.74, 6) is 0. The highest BCUT2D eigenvalue weighted by Gasteiger charge is 2.24. The van der Waals surface area contributed by atoms with Crippen LogP contribution in [0.2, 0.25) is 0 Å². The lowest BCUT2D eigenvalue weighted by Crippen LogP contribution is -2.45. The number of para-hydroxylation sites is 1. The van der Waals surface area contributed by atoms with Crippen molar-refractivity contribution < 1.29 is 0 Å². The van der Waals surface area contributed by atoms with Crippen LogP contribution in [0.25, 0.3) is 10.9 Å². The van der Waals surface area contributed by atoms with E-state index in [1.165, 1.54) is 28.6 Å². The first kappa shape index (κ1) is 12.7. The Bertz CT molecular complexity index is 552. The van der Waals surface area contributed by atoms with Crippen molar-refractivity contribution >= 4 is 10.9 Å². The predicted molar refractivity (Wildman–Crippen MR) is 80.5 cm³/mol. The Hall–Kier alpha value is -1.32. The summed E-state index contributed by atoms with van der Waals surface area (Å²) in [6.07, 6.45) is 1.17. The van der Waals surface area contributed by atoms with Crippen LogP contribution in [0.4, 0.5) is 0 Å². The standard InChI is InChI=1S/C16H23N3/c1-3-15(19-10-8-17-9-11-19)16-12(2)18-14-7-5-4-6-13(14)16/h4-7,15,17-18H,3,8-11H2,1-2H3. The molecule has 1 fully saturated rings. The number of aromatic amines is 1. The fourth-order valence-electron chi connectivity index (χ4n) is 3.37. The molecule has 0 aliphatic carbocycles. The lowest BCUT2D eigenvalue weighted by atomic mass is 9.98. The van der Waals surface area contributed by atoms with Gasteiger partial charge in [-0.05, 0) is 25.0 Å². The minimum Gasteiger partial charge on any atom is -0.358 e. The molecule has 0 bridgehead atoms. The van der Waals surface area contributed by atoms with Crippen molar-refractivity contribution in [3.8, 4) is 0 Å². The van der Waals surface area contributed by atoms with Crippen molar-refractivity contribution in [3.05, 3.63) is 35.5 Å². The second-order valence-corrected chi connectivity index (χ2v) is 5.42. The Kier molecular flexibility index (Phi) is 3.58. The summed E-state index contributed by atoms with van der Waals surface area (Å²) < 4.78 is 0. The predicted octanol–water partition coefficient (Wildman–Crippen LogP) is 2.83. The van der Waals surface area contributed by atoms with Crippen molar-refractivity contribution in [2.75, 3.05) is 26.2 Å². The van der Waals surface area contributed by atoms with Gasteiger partial charge in [-0.2, -0.15) is 0 Å². The van der Waals surface area contributed by atoms with Gasteiger partial charge in [-0.1, -0.05) is 25.1 Å².